The number of ether oxygens (including phenoxy) is 1. The Kier molecular flexibility index (Phi) is 5.35. The van der Waals surface area contributed by atoms with Crippen molar-refractivity contribution in [2.24, 2.45) is 0 Å². The first kappa shape index (κ1) is 15.5. The minimum Gasteiger partial charge on any atom is -0.490 e. The number of halogens is 1. The first-order valence-electron chi connectivity index (χ1n) is 6.03. The number of aliphatic carboxylic acids is 1. The van der Waals surface area contributed by atoms with Crippen LogP contribution in [0.2, 0.25) is 5.02 Å². The van der Waals surface area contributed by atoms with E-state index in [1.54, 1.807) is 0 Å². The quantitative estimate of drug-likeness (QED) is 0.864. The molecule has 7 heteroatoms. The lowest BCUT2D eigenvalue weighted by atomic mass is 10.1. The molecule has 0 saturated heterocycles. The standard InChI is InChI=1S/C12H17ClN2O4/c1-4-5-19-11-9(13)12(18)15(6-8(16)17)14-10(11)7(2)3/h7H,4-6H2,1-3H3,(H,16,17). The van der Waals surface area contributed by atoms with Crippen LogP contribution in [0, 0.1) is 0 Å². The van der Waals surface area contributed by atoms with Gasteiger partial charge in [0.2, 0.25) is 0 Å². The van der Waals surface area contributed by atoms with Crippen LogP contribution in [-0.4, -0.2) is 27.5 Å². The second kappa shape index (κ2) is 6.56. The van der Waals surface area contributed by atoms with E-state index >= 15 is 0 Å². The van der Waals surface area contributed by atoms with Crippen molar-refractivity contribution < 1.29 is 14.6 Å². The fourth-order valence-corrected chi connectivity index (χ4v) is 1.75. The molecule has 106 valence electrons. The monoisotopic (exact) mass is 288 g/mol. The van der Waals surface area contributed by atoms with Crippen molar-refractivity contribution >= 4 is 17.6 Å². The second-order valence-corrected chi connectivity index (χ2v) is 4.77. The molecular weight excluding hydrogens is 272 g/mol. The molecule has 0 atom stereocenters. The lowest BCUT2D eigenvalue weighted by molar-refractivity contribution is -0.138. The van der Waals surface area contributed by atoms with Crippen LogP contribution in [0.1, 0.15) is 38.8 Å². The molecule has 0 aliphatic heterocycles. The molecule has 1 heterocycles. The Morgan fingerprint density at radius 2 is 2.16 bits per heavy atom. The van der Waals surface area contributed by atoms with Crippen molar-refractivity contribution in [1.82, 2.24) is 9.78 Å². The molecule has 0 bridgehead atoms. The zero-order valence-electron chi connectivity index (χ0n) is 11.1. The molecule has 1 N–H and O–H groups in total. The van der Waals surface area contributed by atoms with Crippen LogP contribution in [0.3, 0.4) is 0 Å². The summed E-state index contributed by atoms with van der Waals surface area (Å²) >= 11 is 5.98. The highest BCUT2D eigenvalue weighted by atomic mass is 35.5. The summed E-state index contributed by atoms with van der Waals surface area (Å²) in [7, 11) is 0. The van der Waals surface area contributed by atoms with E-state index in [9.17, 15) is 9.59 Å². The number of nitrogens with zero attached hydrogens (tertiary/aromatic N) is 2. The Hall–Kier alpha value is -1.56. The third-order valence-corrected chi connectivity index (χ3v) is 2.70. The molecule has 19 heavy (non-hydrogen) atoms. The Morgan fingerprint density at radius 3 is 2.63 bits per heavy atom. The van der Waals surface area contributed by atoms with Crippen LogP contribution < -0.4 is 10.3 Å². The third-order valence-electron chi connectivity index (χ3n) is 2.37. The molecule has 0 aromatic carbocycles. The molecule has 0 fully saturated rings. The van der Waals surface area contributed by atoms with Gasteiger partial charge in [0.05, 0.1) is 6.61 Å². The van der Waals surface area contributed by atoms with Crippen molar-refractivity contribution in [3.8, 4) is 5.75 Å². The summed E-state index contributed by atoms with van der Waals surface area (Å²) in [6.45, 7) is 5.57. The summed E-state index contributed by atoms with van der Waals surface area (Å²) in [6.07, 6.45) is 0.770. The molecule has 0 aliphatic rings. The zero-order chi connectivity index (χ0) is 14.6. The lowest BCUT2D eigenvalue weighted by Gasteiger charge is -2.15. The minimum absolute atomic E-state index is 0.0370. The lowest BCUT2D eigenvalue weighted by Crippen LogP contribution is -2.29. The molecule has 1 rings (SSSR count). The van der Waals surface area contributed by atoms with Crippen molar-refractivity contribution in [3.05, 3.63) is 21.1 Å². The van der Waals surface area contributed by atoms with Crippen molar-refractivity contribution in [1.29, 1.82) is 0 Å². The van der Waals surface area contributed by atoms with E-state index in [1.165, 1.54) is 0 Å². The van der Waals surface area contributed by atoms with Crippen LogP contribution in [0.4, 0.5) is 0 Å². The van der Waals surface area contributed by atoms with Crippen molar-refractivity contribution in [2.45, 2.75) is 39.7 Å². The number of hydrogen-bond donors (Lipinski definition) is 1. The van der Waals surface area contributed by atoms with Crippen LogP contribution >= 0.6 is 11.6 Å². The van der Waals surface area contributed by atoms with Crippen LogP contribution in [0.15, 0.2) is 4.79 Å². The number of rotatable bonds is 6. The maximum Gasteiger partial charge on any atom is 0.325 e. The highest BCUT2D eigenvalue weighted by Gasteiger charge is 2.20. The van der Waals surface area contributed by atoms with Gasteiger partial charge >= 0.3 is 5.97 Å². The van der Waals surface area contributed by atoms with Gasteiger partial charge in [-0.2, -0.15) is 5.10 Å². The Bertz CT molecular complexity index is 525. The van der Waals surface area contributed by atoms with Gasteiger partial charge in [0.1, 0.15) is 12.2 Å². The van der Waals surface area contributed by atoms with Crippen LogP contribution in [-0.2, 0) is 11.3 Å². The number of aromatic nitrogens is 2. The Labute approximate surface area is 116 Å². The van der Waals surface area contributed by atoms with Gasteiger partial charge in [-0.1, -0.05) is 32.4 Å². The highest BCUT2D eigenvalue weighted by molar-refractivity contribution is 6.31. The largest absolute Gasteiger partial charge is 0.490 e. The van der Waals surface area contributed by atoms with Crippen molar-refractivity contribution in [2.75, 3.05) is 6.61 Å². The summed E-state index contributed by atoms with van der Waals surface area (Å²) in [6, 6.07) is 0. The van der Waals surface area contributed by atoms with E-state index in [4.69, 9.17) is 21.4 Å². The summed E-state index contributed by atoms with van der Waals surface area (Å²) in [4.78, 5) is 22.6. The number of carboxylic acids is 1. The Balaban J connectivity index is 3.35. The SMILES string of the molecule is CCCOc1c(C(C)C)nn(CC(=O)O)c(=O)c1Cl. The molecule has 0 aliphatic carbocycles. The average molecular weight is 289 g/mol. The first-order valence-corrected chi connectivity index (χ1v) is 6.41. The van der Waals surface area contributed by atoms with Gasteiger partial charge in [-0.3, -0.25) is 9.59 Å². The van der Waals surface area contributed by atoms with Gasteiger partial charge in [0.25, 0.3) is 5.56 Å². The zero-order valence-corrected chi connectivity index (χ0v) is 11.9. The fraction of sp³-hybridized carbons (Fsp3) is 0.583. The normalized spacial score (nSPS) is 10.8. The molecule has 0 spiro atoms. The fourth-order valence-electron chi connectivity index (χ4n) is 1.50. The van der Waals surface area contributed by atoms with E-state index in [0.29, 0.717) is 12.3 Å². The number of carbonyl (C=O) groups is 1. The maximum atomic E-state index is 11.9. The first-order chi connectivity index (χ1) is 8.88. The smallest absolute Gasteiger partial charge is 0.325 e. The van der Waals surface area contributed by atoms with E-state index < -0.39 is 18.1 Å². The van der Waals surface area contributed by atoms with Gasteiger partial charge in [0, 0.05) is 5.92 Å². The van der Waals surface area contributed by atoms with Gasteiger partial charge < -0.3 is 9.84 Å². The predicted octanol–water partition coefficient (Wildman–Crippen LogP) is 1.89. The van der Waals surface area contributed by atoms with Gasteiger partial charge in [0.15, 0.2) is 10.8 Å². The molecule has 0 amide bonds. The van der Waals surface area contributed by atoms with Gasteiger partial charge in [-0.15, -0.1) is 0 Å². The second-order valence-electron chi connectivity index (χ2n) is 4.39. The number of hydrogen-bond acceptors (Lipinski definition) is 4. The van der Waals surface area contributed by atoms with Crippen LogP contribution in [0.25, 0.3) is 0 Å². The molecule has 6 nitrogen and oxygen atoms in total. The van der Waals surface area contributed by atoms with Gasteiger partial charge in [-0.25, -0.2) is 4.68 Å². The third kappa shape index (κ3) is 3.70. The highest BCUT2D eigenvalue weighted by Crippen LogP contribution is 2.29. The average Bonchev–Trinajstić information content (AvgIpc) is 2.33. The molecule has 0 unspecified atom stereocenters. The van der Waals surface area contributed by atoms with Crippen LogP contribution in [0.5, 0.6) is 5.75 Å². The van der Waals surface area contributed by atoms with E-state index in [2.05, 4.69) is 5.10 Å². The molecule has 1 aromatic heterocycles. The molecule has 0 radical (unpaired) electrons. The predicted molar refractivity (Wildman–Crippen MR) is 71.0 cm³/mol. The van der Waals surface area contributed by atoms with Crippen molar-refractivity contribution in [3.63, 3.8) is 0 Å². The maximum absolute atomic E-state index is 11.9. The van der Waals surface area contributed by atoms with E-state index in [-0.39, 0.29) is 16.7 Å². The summed E-state index contributed by atoms with van der Waals surface area (Å²) in [5, 5.41) is 12.7. The Morgan fingerprint density at radius 1 is 1.53 bits per heavy atom. The number of carboxylic acid groups (broad SMARTS) is 1. The minimum atomic E-state index is -1.15. The summed E-state index contributed by atoms with van der Waals surface area (Å²) in [5.74, 6) is -0.933. The van der Waals surface area contributed by atoms with Gasteiger partial charge in [-0.05, 0) is 6.42 Å². The molecule has 1 aromatic rings. The molecule has 0 saturated carbocycles. The molecular formula is C12H17ClN2O4. The summed E-state index contributed by atoms with van der Waals surface area (Å²) in [5.41, 5.74) is -0.168. The topological polar surface area (TPSA) is 81.4 Å². The summed E-state index contributed by atoms with van der Waals surface area (Å²) < 4.78 is 6.31. The van der Waals surface area contributed by atoms with E-state index in [0.717, 1.165) is 11.1 Å². The van der Waals surface area contributed by atoms with E-state index in [1.807, 2.05) is 20.8 Å².